The van der Waals surface area contributed by atoms with Crippen LogP contribution in [0.5, 0.6) is 0 Å². The first-order chi connectivity index (χ1) is 7.73. The summed E-state index contributed by atoms with van der Waals surface area (Å²) in [5.74, 6) is 3.38. The fourth-order valence-electron chi connectivity index (χ4n) is 1.26. The van der Waals surface area contributed by atoms with Crippen LogP contribution in [0.15, 0.2) is 79.4 Å². The predicted octanol–water partition coefficient (Wildman–Crippen LogP) is 4.07. The molecule has 0 aromatic heterocycles. The maximum absolute atomic E-state index is 12.7. The molecule has 1 aromatic carbocycles. The Labute approximate surface area is 96.9 Å². The van der Waals surface area contributed by atoms with Crippen LogP contribution in [0.2, 0.25) is 0 Å². The predicted molar refractivity (Wildman–Crippen MR) is 72.4 cm³/mol. The van der Waals surface area contributed by atoms with Gasteiger partial charge in [-0.05, 0) is 11.6 Å². The van der Waals surface area contributed by atoms with Gasteiger partial charge >= 0.3 is 0 Å². The summed E-state index contributed by atoms with van der Waals surface area (Å²) in [5, 5.41) is 0.811. The molecule has 16 heavy (non-hydrogen) atoms. The molecule has 0 N–H and O–H groups in total. The molecule has 1 aromatic rings. The second-order valence-corrected chi connectivity index (χ2v) is 5.73. The number of benzene rings is 1. The summed E-state index contributed by atoms with van der Waals surface area (Å²) >= 11 is 0. The van der Waals surface area contributed by atoms with Crippen molar-refractivity contribution in [2.75, 3.05) is 0 Å². The Morgan fingerprint density at radius 2 is 1.44 bits per heavy atom. The first-order valence-electron chi connectivity index (χ1n) is 4.98. The number of hydrogen-bond donors (Lipinski definition) is 0. The van der Waals surface area contributed by atoms with E-state index in [2.05, 4.69) is 13.2 Å². The molecule has 0 fully saturated rings. The first-order valence-corrected chi connectivity index (χ1v) is 6.83. The van der Waals surface area contributed by atoms with Crippen molar-refractivity contribution in [3.05, 3.63) is 79.4 Å². The van der Waals surface area contributed by atoms with Crippen molar-refractivity contribution in [1.82, 2.24) is 0 Å². The van der Waals surface area contributed by atoms with E-state index in [1.165, 1.54) is 0 Å². The van der Waals surface area contributed by atoms with Gasteiger partial charge < -0.3 is 4.57 Å². The zero-order valence-electron chi connectivity index (χ0n) is 9.12. The van der Waals surface area contributed by atoms with Crippen molar-refractivity contribution in [3.8, 4) is 0 Å². The van der Waals surface area contributed by atoms with Crippen molar-refractivity contribution in [3.63, 3.8) is 0 Å². The Kier molecular flexibility index (Phi) is 4.75. The number of hydrogen-bond acceptors (Lipinski definition) is 1. The van der Waals surface area contributed by atoms with Gasteiger partial charge in [-0.15, -0.1) is 0 Å². The SMILES string of the molecule is C=C/C=C/P(=O)(/C=C/C=C)c1ccccc1. The van der Waals surface area contributed by atoms with Gasteiger partial charge in [-0.25, -0.2) is 0 Å². The molecule has 0 heterocycles. The van der Waals surface area contributed by atoms with Crippen LogP contribution in [0, 0.1) is 0 Å². The average molecular weight is 230 g/mol. The van der Waals surface area contributed by atoms with Crippen molar-refractivity contribution in [1.29, 1.82) is 0 Å². The lowest BCUT2D eigenvalue weighted by Crippen LogP contribution is -1.99. The summed E-state index contributed by atoms with van der Waals surface area (Å²) in [5.41, 5.74) is 0. The highest BCUT2D eigenvalue weighted by atomic mass is 31.2. The smallest absolute Gasteiger partial charge is 0.157 e. The third kappa shape index (κ3) is 3.22. The molecule has 0 radical (unpaired) electrons. The summed E-state index contributed by atoms with van der Waals surface area (Å²) in [6, 6.07) is 9.39. The Balaban J connectivity index is 3.19. The van der Waals surface area contributed by atoms with E-state index in [9.17, 15) is 4.57 Å². The Morgan fingerprint density at radius 1 is 0.938 bits per heavy atom. The van der Waals surface area contributed by atoms with Gasteiger partial charge in [0.25, 0.3) is 0 Å². The van der Waals surface area contributed by atoms with E-state index in [1.807, 2.05) is 30.3 Å². The standard InChI is InChI=1S/C14H15OP/c1-3-5-12-16(15,13-6-4-2)14-10-8-7-9-11-14/h3-13H,1-2H2/b12-5+,13-6+. The van der Waals surface area contributed by atoms with Gasteiger partial charge in [0.1, 0.15) is 0 Å². The fraction of sp³-hybridized carbons (Fsp3) is 0. The molecule has 0 saturated heterocycles. The summed E-state index contributed by atoms with van der Waals surface area (Å²) in [4.78, 5) is 0. The van der Waals surface area contributed by atoms with E-state index in [1.54, 1.807) is 35.9 Å². The van der Waals surface area contributed by atoms with Gasteiger partial charge in [-0.2, -0.15) is 0 Å². The third-order valence-electron chi connectivity index (χ3n) is 2.05. The Bertz CT molecular complexity index is 433. The summed E-state index contributed by atoms with van der Waals surface area (Å²) in [6.07, 6.45) is 6.66. The van der Waals surface area contributed by atoms with Crippen LogP contribution in [0.4, 0.5) is 0 Å². The molecular formula is C14H15OP. The Morgan fingerprint density at radius 3 is 1.88 bits per heavy atom. The maximum Gasteiger partial charge on any atom is 0.157 e. The van der Waals surface area contributed by atoms with E-state index >= 15 is 0 Å². The third-order valence-corrected chi connectivity index (χ3v) is 4.38. The van der Waals surface area contributed by atoms with Crippen LogP contribution in [0.1, 0.15) is 0 Å². The molecule has 0 spiro atoms. The molecular weight excluding hydrogens is 215 g/mol. The van der Waals surface area contributed by atoms with Crippen molar-refractivity contribution < 1.29 is 4.57 Å². The largest absolute Gasteiger partial charge is 0.310 e. The van der Waals surface area contributed by atoms with Crippen molar-refractivity contribution >= 4 is 12.4 Å². The number of rotatable bonds is 5. The topological polar surface area (TPSA) is 17.1 Å². The normalized spacial score (nSPS) is 12.0. The van der Waals surface area contributed by atoms with Crippen molar-refractivity contribution in [2.45, 2.75) is 0 Å². The van der Waals surface area contributed by atoms with Gasteiger partial charge in [0.05, 0.1) is 0 Å². The van der Waals surface area contributed by atoms with E-state index < -0.39 is 7.14 Å². The molecule has 82 valence electrons. The van der Waals surface area contributed by atoms with Crippen LogP contribution in [-0.4, -0.2) is 0 Å². The second-order valence-electron chi connectivity index (χ2n) is 3.20. The van der Waals surface area contributed by atoms with Crippen LogP contribution >= 0.6 is 7.14 Å². The minimum Gasteiger partial charge on any atom is -0.310 e. The lowest BCUT2D eigenvalue weighted by atomic mass is 10.4. The van der Waals surface area contributed by atoms with Gasteiger partial charge in [-0.3, -0.25) is 0 Å². The van der Waals surface area contributed by atoms with Crippen LogP contribution in [0.3, 0.4) is 0 Å². The molecule has 2 heteroatoms. The van der Waals surface area contributed by atoms with Crippen LogP contribution in [0.25, 0.3) is 0 Å². The molecule has 0 amide bonds. The lowest BCUT2D eigenvalue weighted by Gasteiger charge is -2.09. The van der Waals surface area contributed by atoms with E-state index in [0.29, 0.717) is 0 Å². The monoisotopic (exact) mass is 230 g/mol. The molecule has 0 atom stereocenters. The summed E-state index contributed by atoms with van der Waals surface area (Å²) < 4.78 is 12.7. The molecule has 0 saturated carbocycles. The second kappa shape index (κ2) is 6.09. The van der Waals surface area contributed by atoms with Gasteiger partial charge in [0.15, 0.2) is 7.14 Å². The fourth-order valence-corrected chi connectivity index (χ4v) is 3.10. The van der Waals surface area contributed by atoms with Crippen LogP contribution < -0.4 is 5.30 Å². The minimum absolute atomic E-state index is 0.811. The van der Waals surface area contributed by atoms with Crippen LogP contribution in [-0.2, 0) is 4.57 Å². The molecule has 0 unspecified atom stereocenters. The van der Waals surface area contributed by atoms with Gasteiger partial charge in [-0.1, -0.05) is 67.8 Å². The maximum atomic E-state index is 12.7. The van der Waals surface area contributed by atoms with Crippen molar-refractivity contribution in [2.24, 2.45) is 0 Å². The molecule has 0 aliphatic rings. The zero-order valence-corrected chi connectivity index (χ0v) is 10.0. The van der Waals surface area contributed by atoms with E-state index in [4.69, 9.17) is 0 Å². The van der Waals surface area contributed by atoms with Gasteiger partial charge in [0, 0.05) is 5.30 Å². The highest BCUT2D eigenvalue weighted by molar-refractivity contribution is 7.77. The molecule has 1 rings (SSSR count). The first kappa shape index (κ1) is 12.5. The average Bonchev–Trinajstić information content (AvgIpc) is 2.35. The highest BCUT2D eigenvalue weighted by Crippen LogP contribution is 2.47. The zero-order chi connectivity index (χ0) is 11.9. The molecule has 0 aliphatic carbocycles. The van der Waals surface area contributed by atoms with E-state index in [0.717, 1.165) is 5.30 Å². The quantitative estimate of drug-likeness (QED) is 0.550. The lowest BCUT2D eigenvalue weighted by molar-refractivity contribution is 0.592. The molecule has 0 bridgehead atoms. The number of allylic oxidation sites excluding steroid dienone is 4. The molecule has 1 nitrogen and oxygen atoms in total. The minimum atomic E-state index is -2.61. The Hall–Kier alpha value is -1.59. The van der Waals surface area contributed by atoms with E-state index in [-0.39, 0.29) is 0 Å². The van der Waals surface area contributed by atoms with Gasteiger partial charge in [0.2, 0.25) is 0 Å². The highest BCUT2D eigenvalue weighted by Gasteiger charge is 2.16. The summed E-state index contributed by atoms with van der Waals surface area (Å²) in [6.45, 7) is 7.17. The molecule has 0 aliphatic heterocycles. The summed E-state index contributed by atoms with van der Waals surface area (Å²) in [7, 11) is -2.61.